The van der Waals surface area contributed by atoms with Crippen LogP contribution >= 0.6 is 12.4 Å². The molecule has 0 aromatic heterocycles. The van der Waals surface area contributed by atoms with Crippen molar-refractivity contribution in [3.63, 3.8) is 0 Å². The molecule has 0 saturated carbocycles. The Labute approximate surface area is 134 Å². The zero-order valence-corrected chi connectivity index (χ0v) is 14.6. The number of carbonyl (C=O) groups is 1. The SMILES string of the molecule is CCCNCCNC(=O)C1CCN(S(=O)(=O)CC)CC1.Cl. The molecule has 1 amide bonds. The molecule has 0 unspecified atom stereocenters. The minimum Gasteiger partial charge on any atom is -0.355 e. The van der Waals surface area contributed by atoms with E-state index in [0.29, 0.717) is 32.5 Å². The Morgan fingerprint density at radius 1 is 1.14 bits per heavy atom. The smallest absolute Gasteiger partial charge is 0.223 e. The number of sulfonamides is 1. The Balaban J connectivity index is 0.00000400. The third-order valence-corrected chi connectivity index (χ3v) is 5.49. The standard InChI is InChI=1S/C13H27N3O3S.ClH/c1-3-7-14-8-9-15-13(17)12-5-10-16(11-6-12)20(18,19)4-2;/h12,14H,3-11H2,1-2H3,(H,15,17);1H. The van der Waals surface area contributed by atoms with Crippen LogP contribution in [-0.2, 0) is 14.8 Å². The summed E-state index contributed by atoms with van der Waals surface area (Å²) in [6.07, 6.45) is 2.32. The average Bonchev–Trinajstić information content (AvgIpc) is 2.47. The zero-order valence-electron chi connectivity index (χ0n) is 12.9. The normalized spacial score (nSPS) is 17.2. The van der Waals surface area contributed by atoms with Gasteiger partial charge in [0.05, 0.1) is 5.75 Å². The van der Waals surface area contributed by atoms with Gasteiger partial charge in [0, 0.05) is 32.1 Å². The topological polar surface area (TPSA) is 78.5 Å². The maximum absolute atomic E-state index is 11.9. The molecule has 1 heterocycles. The summed E-state index contributed by atoms with van der Waals surface area (Å²) in [5.41, 5.74) is 0. The number of hydrogen-bond donors (Lipinski definition) is 2. The minimum absolute atomic E-state index is 0. The Hall–Kier alpha value is -0.370. The van der Waals surface area contributed by atoms with Crippen molar-refractivity contribution in [3.8, 4) is 0 Å². The summed E-state index contributed by atoms with van der Waals surface area (Å²) in [6, 6.07) is 0. The van der Waals surface area contributed by atoms with E-state index in [1.54, 1.807) is 6.92 Å². The fourth-order valence-electron chi connectivity index (χ4n) is 2.30. The van der Waals surface area contributed by atoms with Crippen LogP contribution in [0.25, 0.3) is 0 Å². The Bertz CT molecular complexity index is 395. The molecule has 0 atom stereocenters. The third-order valence-electron chi connectivity index (χ3n) is 3.61. The van der Waals surface area contributed by atoms with E-state index in [9.17, 15) is 13.2 Å². The largest absolute Gasteiger partial charge is 0.355 e. The van der Waals surface area contributed by atoms with Crippen molar-refractivity contribution in [1.82, 2.24) is 14.9 Å². The summed E-state index contributed by atoms with van der Waals surface area (Å²) < 4.78 is 24.9. The van der Waals surface area contributed by atoms with Crippen LogP contribution < -0.4 is 10.6 Å². The van der Waals surface area contributed by atoms with Crippen molar-refractivity contribution in [1.29, 1.82) is 0 Å². The number of piperidine rings is 1. The highest BCUT2D eigenvalue weighted by atomic mass is 35.5. The zero-order chi connectivity index (χ0) is 15.0. The molecule has 0 radical (unpaired) electrons. The molecule has 1 aliphatic heterocycles. The molecule has 6 nitrogen and oxygen atoms in total. The summed E-state index contributed by atoms with van der Waals surface area (Å²) in [4.78, 5) is 11.9. The van der Waals surface area contributed by atoms with Crippen LogP contribution in [0, 0.1) is 5.92 Å². The highest BCUT2D eigenvalue weighted by Gasteiger charge is 2.29. The highest BCUT2D eigenvalue weighted by Crippen LogP contribution is 2.19. The van der Waals surface area contributed by atoms with Gasteiger partial charge in [-0.1, -0.05) is 6.92 Å². The number of halogens is 1. The van der Waals surface area contributed by atoms with Gasteiger partial charge in [0.25, 0.3) is 0 Å². The summed E-state index contributed by atoms with van der Waals surface area (Å²) in [6.45, 7) is 7.05. The van der Waals surface area contributed by atoms with Gasteiger partial charge in [0.2, 0.25) is 15.9 Å². The van der Waals surface area contributed by atoms with Crippen molar-refractivity contribution < 1.29 is 13.2 Å². The van der Waals surface area contributed by atoms with Crippen LogP contribution in [0.2, 0.25) is 0 Å². The average molecular weight is 342 g/mol. The summed E-state index contributed by atoms with van der Waals surface area (Å²) in [7, 11) is -3.11. The number of hydrogen-bond acceptors (Lipinski definition) is 4. The molecule has 0 aliphatic carbocycles. The van der Waals surface area contributed by atoms with E-state index in [4.69, 9.17) is 0 Å². The van der Waals surface area contributed by atoms with E-state index in [2.05, 4.69) is 17.6 Å². The highest BCUT2D eigenvalue weighted by molar-refractivity contribution is 7.89. The van der Waals surface area contributed by atoms with E-state index >= 15 is 0 Å². The van der Waals surface area contributed by atoms with Gasteiger partial charge in [0.15, 0.2) is 0 Å². The van der Waals surface area contributed by atoms with Crippen LogP contribution in [0.15, 0.2) is 0 Å². The molecule has 126 valence electrons. The van der Waals surface area contributed by atoms with Crippen molar-refractivity contribution in [2.75, 3.05) is 38.5 Å². The van der Waals surface area contributed by atoms with Crippen molar-refractivity contribution in [2.45, 2.75) is 33.1 Å². The summed E-state index contributed by atoms with van der Waals surface area (Å²) in [5.74, 6) is 0.133. The molecule has 0 spiro atoms. The second kappa shape index (κ2) is 10.4. The van der Waals surface area contributed by atoms with Crippen LogP contribution in [0.5, 0.6) is 0 Å². The van der Waals surface area contributed by atoms with Crippen LogP contribution in [0.1, 0.15) is 33.1 Å². The van der Waals surface area contributed by atoms with Gasteiger partial charge in [0.1, 0.15) is 0 Å². The maximum Gasteiger partial charge on any atom is 0.223 e. The molecule has 1 fully saturated rings. The van der Waals surface area contributed by atoms with Gasteiger partial charge >= 0.3 is 0 Å². The number of carbonyl (C=O) groups excluding carboxylic acids is 1. The first kappa shape index (κ1) is 20.6. The van der Waals surface area contributed by atoms with Gasteiger partial charge < -0.3 is 10.6 Å². The molecule has 8 heteroatoms. The van der Waals surface area contributed by atoms with Gasteiger partial charge in [-0.2, -0.15) is 0 Å². The molecule has 1 aliphatic rings. The summed E-state index contributed by atoms with van der Waals surface area (Å²) in [5, 5.41) is 6.14. The van der Waals surface area contributed by atoms with Crippen molar-refractivity contribution >= 4 is 28.3 Å². The van der Waals surface area contributed by atoms with Crippen molar-refractivity contribution in [2.24, 2.45) is 5.92 Å². The van der Waals surface area contributed by atoms with Crippen LogP contribution in [0.3, 0.4) is 0 Å². The number of nitrogens with zero attached hydrogens (tertiary/aromatic N) is 1. The Morgan fingerprint density at radius 3 is 2.29 bits per heavy atom. The van der Waals surface area contributed by atoms with Gasteiger partial charge in [-0.3, -0.25) is 4.79 Å². The molecule has 0 aromatic carbocycles. The van der Waals surface area contributed by atoms with E-state index in [-0.39, 0.29) is 30.0 Å². The van der Waals surface area contributed by atoms with E-state index in [1.807, 2.05) is 0 Å². The van der Waals surface area contributed by atoms with Gasteiger partial charge in [-0.15, -0.1) is 12.4 Å². The Kier molecular flexibility index (Phi) is 10.2. The van der Waals surface area contributed by atoms with E-state index in [0.717, 1.165) is 19.5 Å². The van der Waals surface area contributed by atoms with Crippen LogP contribution in [-0.4, -0.2) is 57.1 Å². The lowest BCUT2D eigenvalue weighted by atomic mass is 9.97. The maximum atomic E-state index is 11.9. The predicted molar refractivity (Wildman–Crippen MR) is 87.2 cm³/mol. The Morgan fingerprint density at radius 2 is 1.76 bits per heavy atom. The second-order valence-corrected chi connectivity index (χ2v) is 7.37. The monoisotopic (exact) mass is 341 g/mol. The molecular formula is C13H28ClN3O3S. The van der Waals surface area contributed by atoms with E-state index in [1.165, 1.54) is 4.31 Å². The first-order valence-corrected chi connectivity index (χ1v) is 9.08. The molecule has 21 heavy (non-hydrogen) atoms. The minimum atomic E-state index is -3.11. The lowest BCUT2D eigenvalue weighted by Crippen LogP contribution is -2.44. The molecule has 1 saturated heterocycles. The van der Waals surface area contributed by atoms with E-state index < -0.39 is 10.0 Å². The molecule has 0 bridgehead atoms. The predicted octanol–water partition coefficient (Wildman–Crippen LogP) is 0.586. The fraction of sp³-hybridized carbons (Fsp3) is 0.923. The molecule has 0 aromatic rings. The molecule has 1 rings (SSSR count). The fourth-order valence-corrected chi connectivity index (χ4v) is 3.43. The van der Waals surface area contributed by atoms with Crippen LogP contribution in [0.4, 0.5) is 0 Å². The summed E-state index contributed by atoms with van der Waals surface area (Å²) >= 11 is 0. The number of rotatable bonds is 8. The lowest BCUT2D eigenvalue weighted by molar-refractivity contribution is -0.126. The third kappa shape index (κ3) is 6.95. The molecule has 2 N–H and O–H groups in total. The van der Waals surface area contributed by atoms with Crippen molar-refractivity contribution in [3.05, 3.63) is 0 Å². The number of amides is 1. The first-order chi connectivity index (χ1) is 9.51. The lowest BCUT2D eigenvalue weighted by Gasteiger charge is -2.30. The number of nitrogens with one attached hydrogen (secondary N) is 2. The second-order valence-electron chi connectivity index (χ2n) is 5.11. The first-order valence-electron chi connectivity index (χ1n) is 7.47. The van der Waals surface area contributed by atoms with Gasteiger partial charge in [-0.05, 0) is 32.7 Å². The van der Waals surface area contributed by atoms with Gasteiger partial charge in [-0.25, -0.2) is 12.7 Å². The molecular weight excluding hydrogens is 314 g/mol. The quantitative estimate of drug-likeness (QED) is 0.633.